The Balaban J connectivity index is 0.000000165. The van der Waals surface area contributed by atoms with Crippen molar-refractivity contribution in [2.24, 2.45) is 0 Å². The molecule has 0 unspecified atom stereocenters. The number of ether oxygens (including phenoxy) is 12. The molecule has 0 saturated heterocycles. The molecule has 0 aliphatic heterocycles. The summed E-state index contributed by atoms with van der Waals surface area (Å²) in [7, 11) is 18.0. The van der Waals surface area contributed by atoms with E-state index in [4.69, 9.17) is 68.6 Å². The minimum Gasteiger partial charge on any atom is -0.493 e. The average molecular weight is 1550 g/mol. The number of halogens is 2. The van der Waals surface area contributed by atoms with Crippen LogP contribution < -0.4 is 77.2 Å². The molecule has 0 bridgehead atoms. The smallest absolute Gasteiger partial charge is 0.212 e. The highest BCUT2D eigenvalue weighted by molar-refractivity contribution is 7.15. The summed E-state index contributed by atoms with van der Waals surface area (Å²) < 4.78 is 77.9. The summed E-state index contributed by atoms with van der Waals surface area (Å²) in [5.41, 5.74) is 7.28. The Bertz CT molecular complexity index is 4750. The van der Waals surface area contributed by atoms with Crippen LogP contribution in [-0.4, -0.2) is 128 Å². The summed E-state index contributed by atoms with van der Waals surface area (Å²) >= 11 is 11.6. The molecule has 107 heavy (non-hydrogen) atoms. The van der Waals surface area contributed by atoms with E-state index in [1.165, 1.54) is 153 Å². The lowest BCUT2D eigenvalue weighted by molar-refractivity contribution is 0.102. The Hall–Kier alpha value is -12.0. The molecule has 0 spiro atoms. The molecule has 4 heterocycles. The van der Waals surface area contributed by atoms with Crippen LogP contribution >= 0.6 is 57.1 Å². The average Bonchev–Trinajstić information content (AvgIpc) is 1.51. The zero-order valence-electron chi connectivity index (χ0n) is 60.0. The minimum atomic E-state index is -0.321. The third-order valence-corrected chi connectivity index (χ3v) is 18.8. The monoisotopic (exact) mass is 1550 g/mol. The first-order chi connectivity index (χ1) is 51.8. The molecule has 0 amide bonds. The number of hydrogen-bond donors (Lipinski definition) is 3. The maximum atomic E-state index is 13.0. The van der Waals surface area contributed by atoms with Crippen LogP contribution in [0, 0.1) is 12.7 Å². The molecule has 0 radical (unpaired) electrons. The molecule has 12 aromatic rings. The van der Waals surface area contributed by atoms with Crippen molar-refractivity contribution in [3.8, 4) is 69.0 Å². The van der Waals surface area contributed by atoms with Crippen molar-refractivity contribution in [3.05, 3.63) is 236 Å². The van der Waals surface area contributed by atoms with E-state index in [1.54, 1.807) is 82.2 Å². The van der Waals surface area contributed by atoms with Gasteiger partial charge in [0.25, 0.3) is 0 Å². The van der Waals surface area contributed by atoms with Crippen molar-refractivity contribution in [1.82, 2.24) is 19.9 Å². The zero-order valence-corrected chi connectivity index (χ0v) is 64.0. The van der Waals surface area contributed by atoms with Gasteiger partial charge in [-0.1, -0.05) is 54.1 Å². The molecular weight excluding hydrogens is 1480 g/mol. The van der Waals surface area contributed by atoms with Gasteiger partial charge in [-0.25, -0.2) is 28.7 Å². The predicted octanol–water partition coefficient (Wildman–Crippen LogP) is 17.6. The van der Waals surface area contributed by atoms with E-state index >= 15 is 0 Å². The lowest BCUT2D eigenvalue weighted by Gasteiger charge is -2.13. The summed E-state index contributed by atoms with van der Waals surface area (Å²) in [5, 5.41) is 18.5. The minimum absolute atomic E-state index is 0.220. The van der Waals surface area contributed by atoms with Crippen LogP contribution in [0.25, 0.3) is 0 Å². The first-order valence-corrected chi connectivity index (χ1v) is 35.6. The van der Waals surface area contributed by atoms with Gasteiger partial charge in [0.2, 0.25) is 51.3 Å². The van der Waals surface area contributed by atoms with Crippen LogP contribution in [0.3, 0.4) is 0 Å². The van der Waals surface area contributed by atoms with Crippen LogP contribution in [0.4, 0.5) is 47.7 Å². The summed E-state index contributed by atoms with van der Waals surface area (Å²) in [6.07, 6.45) is 0. The van der Waals surface area contributed by atoms with Crippen molar-refractivity contribution in [2.45, 2.75) is 6.92 Å². The third-order valence-electron chi connectivity index (χ3n) is 15.2. The van der Waals surface area contributed by atoms with Gasteiger partial charge in [-0.05, 0) is 116 Å². The number of para-hydroxylation sites is 2. The Morgan fingerprint density at radius 3 is 0.897 bits per heavy atom. The zero-order chi connectivity index (χ0) is 76.7. The number of anilines is 8. The number of nitrogens with zero attached hydrogens (tertiary/aromatic N) is 5. The molecule has 8 aromatic carbocycles. The van der Waals surface area contributed by atoms with E-state index < -0.39 is 0 Å². The molecule has 0 fully saturated rings. The second-order valence-electron chi connectivity index (χ2n) is 21.8. The number of ketones is 4. The molecule has 0 atom stereocenters. The van der Waals surface area contributed by atoms with E-state index in [9.17, 15) is 23.6 Å². The number of aryl methyl sites for hydroxylation is 1. The number of methoxy groups -OCH3 is 12. The molecule has 24 nitrogen and oxygen atoms in total. The maximum absolute atomic E-state index is 13.0. The van der Waals surface area contributed by atoms with Crippen molar-refractivity contribution < 1.29 is 80.4 Å². The number of rotatable bonds is 28. The summed E-state index contributed by atoms with van der Waals surface area (Å²) in [6, 6.07) is 45.7. The predicted molar refractivity (Wildman–Crippen MR) is 415 cm³/mol. The van der Waals surface area contributed by atoms with Crippen LogP contribution in [0.2, 0.25) is 0 Å². The van der Waals surface area contributed by atoms with E-state index in [0.717, 1.165) is 17.1 Å². The molecule has 0 aliphatic carbocycles. The fourth-order valence-corrected chi connectivity index (χ4v) is 13.1. The van der Waals surface area contributed by atoms with Gasteiger partial charge >= 0.3 is 0 Å². The second-order valence-corrected chi connectivity index (χ2v) is 25.6. The lowest BCUT2D eigenvalue weighted by Crippen LogP contribution is -2.06. The number of thiazole rings is 4. The van der Waals surface area contributed by atoms with Crippen molar-refractivity contribution in [1.29, 1.82) is 0 Å². The van der Waals surface area contributed by atoms with Gasteiger partial charge in [0.1, 0.15) is 28.6 Å². The Labute approximate surface area is 637 Å². The van der Waals surface area contributed by atoms with Crippen LogP contribution in [0.15, 0.2) is 179 Å². The van der Waals surface area contributed by atoms with Crippen molar-refractivity contribution in [3.63, 3.8) is 0 Å². The molecule has 0 saturated carbocycles. The van der Waals surface area contributed by atoms with E-state index in [2.05, 4.69) is 35.9 Å². The summed E-state index contributed by atoms with van der Waals surface area (Å²) in [5.74, 6) is 3.68. The normalized spacial score (nSPS) is 10.3. The highest BCUT2D eigenvalue weighted by Crippen LogP contribution is 2.43. The molecule has 30 heteroatoms. The maximum Gasteiger partial charge on any atom is 0.212 e. The van der Waals surface area contributed by atoms with E-state index in [0.29, 0.717) is 129 Å². The highest BCUT2D eigenvalue weighted by Gasteiger charge is 2.26. The van der Waals surface area contributed by atoms with Gasteiger partial charge in [0.15, 0.2) is 61.4 Å². The Morgan fingerprint density at radius 1 is 0.346 bits per heavy atom. The number of benzene rings is 8. The summed E-state index contributed by atoms with van der Waals surface area (Å²) in [4.78, 5) is 68.8. The summed E-state index contributed by atoms with van der Waals surface area (Å²) in [6.45, 7) is 2.03. The Kier molecular flexibility index (Phi) is 28.2. The van der Waals surface area contributed by atoms with Crippen molar-refractivity contribution >= 4 is 124 Å². The fraction of sp³-hybridized carbons (Fsp3) is 0.169. The van der Waals surface area contributed by atoms with Gasteiger partial charge in [-0.3, -0.25) is 19.2 Å². The number of hydrogen-bond acceptors (Lipinski definition) is 28. The van der Waals surface area contributed by atoms with Crippen LogP contribution in [0.1, 0.15) is 69.8 Å². The standard InChI is InChI=1S/C20H20N2O4S.C19H17ClN2O4S.C19H17FN2O4S.C19H18N2O4S/c1-12-5-7-14(8-6-12)21-20-22-15(11-27-20)18(23)13-9-16(24-2)19(26-4)17(10-13)25-3;1-24-15-9-12(10-16(25-2)18(15)26-3)17(23)14-11-27-19(21-14)22(20)13-7-5-4-6-8-13;1-24-15-8-11(9-16(25-2)18(15)26-3)17(23)14-10-27-19(22-14)21-13-6-4-12(20)5-7-13;1-23-15-9-12(10-16(24-2)18(15)25-3)17(22)14-11-26-19(21-14)20-13-7-5-4-6-8-13/h5-11H,1-4H3,(H,21,22);4-11H,1-3H3;4-10H,1-3H3,(H,21,22);4-11H,1-3H3,(H,20,21). The lowest BCUT2D eigenvalue weighted by atomic mass is 10.1. The highest BCUT2D eigenvalue weighted by atomic mass is 35.5. The molecule has 0 aliphatic rings. The first kappa shape index (κ1) is 79.1. The quantitative estimate of drug-likeness (QED) is 0.0304. The second kappa shape index (κ2) is 38.1. The number of carbonyl (C=O) groups excluding carboxylic acids is 4. The molecular formula is C77H72ClFN8O16S4. The Morgan fingerprint density at radius 2 is 0.607 bits per heavy atom. The van der Waals surface area contributed by atoms with Gasteiger partial charge < -0.3 is 72.8 Å². The number of nitrogens with one attached hydrogen (secondary N) is 3. The van der Waals surface area contributed by atoms with Crippen LogP contribution in [-0.2, 0) is 0 Å². The van der Waals surface area contributed by atoms with Gasteiger partial charge in [0, 0.05) is 72.6 Å². The van der Waals surface area contributed by atoms with E-state index in [-0.39, 0.29) is 40.3 Å². The van der Waals surface area contributed by atoms with Crippen molar-refractivity contribution in [2.75, 3.05) is 106 Å². The van der Waals surface area contributed by atoms with Gasteiger partial charge in [-0.2, -0.15) is 0 Å². The molecule has 4 aromatic heterocycles. The topological polar surface area (TPSA) is 270 Å². The largest absolute Gasteiger partial charge is 0.493 e. The first-order valence-electron chi connectivity index (χ1n) is 31.8. The van der Waals surface area contributed by atoms with Gasteiger partial charge in [0.05, 0.1) is 91.0 Å². The number of aromatic nitrogens is 4. The van der Waals surface area contributed by atoms with Crippen LogP contribution in [0.5, 0.6) is 69.0 Å². The fourth-order valence-electron chi connectivity index (χ4n) is 9.94. The number of carbonyl (C=O) groups is 4. The SMILES string of the molecule is COc1cc(C(=O)c2csc(N(Cl)c3ccccc3)n2)cc(OC)c1OC.COc1cc(C(=O)c2csc(Nc3ccc(C)cc3)n2)cc(OC)c1OC.COc1cc(C(=O)c2csc(Nc3ccc(F)cc3)n2)cc(OC)c1OC.COc1cc(C(=O)c2csc(Nc3ccccc3)n2)cc(OC)c1OC. The molecule has 12 rings (SSSR count). The third kappa shape index (κ3) is 19.9. The molecule has 3 N–H and O–H groups in total. The molecule has 554 valence electrons. The van der Waals surface area contributed by atoms with E-state index in [1.807, 2.05) is 91.9 Å². The van der Waals surface area contributed by atoms with Gasteiger partial charge in [-0.15, -0.1) is 45.3 Å².